The van der Waals surface area contributed by atoms with Crippen molar-refractivity contribution in [3.63, 3.8) is 0 Å². The molecule has 2 amide bonds. The Labute approximate surface area is 297 Å². The molecule has 0 aromatic heterocycles. The Morgan fingerprint density at radius 2 is 1.46 bits per heavy atom. The average Bonchev–Trinajstić information content (AvgIpc) is 3.58. The molecular weight excluding hydrogens is 656 g/mol. The van der Waals surface area contributed by atoms with Gasteiger partial charge in [0, 0.05) is 101 Å². The Hall–Kier alpha value is -2.79. The lowest BCUT2D eigenvalue weighted by molar-refractivity contribution is -0.140. The molecule has 4 saturated heterocycles. The summed E-state index contributed by atoms with van der Waals surface area (Å²) in [5.74, 6) is 1.53. The van der Waals surface area contributed by atoms with Crippen molar-refractivity contribution in [3.05, 3.63) is 53.3 Å². The fraction of sp³-hybridized carbons (Fsp3) is 0.611. The van der Waals surface area contributed by atoms with E-state index >= 15 is 0 Å². The van der Waals surface area contributed by atoms with Crippen LogP contribution >= 0.6 is 24.8 Å². The first-order valence-electron chi connectivity index (χ1n) is 17.2. The standard InChI is InChI=1S/C36H50FN5O4.2ClH/c1-36(2,3)35(44)42-14-7-25(8-15-42)32-20-26(4-5-33(32)46-30-6-11-39-24-30)34(43)41-16-9-29(10-17-41)45-31-22-27(37)21-28(23-31)40-18-12-38-13-19-40;;/h4-5,20-23,25,29-30,38-39H,6-19,24H2,1-3H3;2*1H/t30-;;/m0../s1. The fourth-order valence-electron chi connectivity index (χ4n) is 7.16. The van der Waals surface area contributed by atoms with E-state index in [0.717, 1.165) is 75.5 Å². The van der Waals surface area contributed by atoms with Crippen LogP contribution in [-0.2, 0) is 4.79 Å². The highest BCUT2D eigenvalue weighted by Gasteiger charge is 2.33. The van der Waals surface area contributed by atoms with E-state index in [0.29, 0.717) is 50.3 Å². The third kappa shape index (κ3) is 9.25. The van der Waals surface area contributed by atoms with Crippen LogP contribution in [0, 0.1) is 11.2 Å². The van der Waals surface area contributed by atoms with Crippen molar-refractivity contribution in [3.8, 4) is 11.5 Å². The number of rotatable bonds is 7. The zero-order valence-electron chi connectivity index (χ0n) is 28.5. The number of halogens is 3. The van der Waals surface area contributed by atoms with Crippen molar-refractivity contribution in [2.24, 2.45) is 5.41 Å². The molecule has 6 rings (SSSR count). The van der Waals surface area contributed by atoms with Gasteiger partial charge in [0.05, 0.1) is 0 Å². The first-order valence-corrected chi connectivity index (χ1v) is 17.2. The minimum absolute atomic E-state index is 0. The highest BCUT2D eigenvalue weighted by molar-refractivity contribution is 5.94. The topological polar surface area (TPSA) is 86.4 Å². The van der Waals surface area contributed by atoms with E-state index in [1.54, 1.807) is 6.07 Å². The van der Waals surface area contributed by atoms with Gasteiger partial charge in [0.15, 0.2) is 0 Å². The molecule has 2 aromatic carbocycles. The normalized spacial score (nSPS) is 20.9. The Balaban J connectivity index is 0.00000260. The minimum Gasteiger partial charge on any atom is -0.490 e. The number of ether oxygens (including phenoxy) is 2. The molecule has 0 spiro atoms. The molecule has 0 saturated carbocycles. The molecule has 48 heavy (non-hydrogen) atoms. The number of hydrogen-bond acceptors (Lipinski definition) is 7. The van der Waals surface area contributed by atoms with Crippen molar-refractivity contribution in [2.75, 3.05) is 70.3 Å². The molecular formula is C36H52Cl2FN5O4. The van der Waals surface area contributed by atoms with Gasteiger partial charge in [0.25, 0.3) is 5.91 Å². The average molecular weight is 709 g/mol. The monoisotopic (exact) mass is 707 g/mol. The lowest BCUT2D eigenvalue weighted by Gasteiger charge is -2.36. The lowest BCUT2D eigenvalue weighted by Crippen LogP contribution is -2.44. The van der Waals surface area contributed by atoms with E-state index in [2.05, 4.69) is 15.5 Å². The first-order chi connectivity index (χ1) is 22.1. The van der Waals surface area contributed by atoms with Gasteiger partial charge in [0.2, 0.25) is 5.91 Å². The van der Waals surface area contributed by atoms with Gasteiger partial charge in [-0.05, 0) is 61.6 Å². The number of amides is 2. The zero-order chi connectivity index (χ0) is 32.3. The largest absolute Gasteiger partial charge is 0.490 e. The number of carbonyl (C=O) groups excluding carboxylic acids is 2. The Morgan fingerprint density at radius 3 is 2.10 bits per heavy atom. The van der Waals surface area contributed by atoms with Gasteiger partial charge in [-0.3, -0.25) is 9.59 Å². The second-order valence-corrected chi connectivity index (χ2v) is 14.3. The molecule has 266 valence electrons. The van der Waals surface area contributed by atoms with Gasteiger partial charge in [-0.15, -0.1) is 24.8 Å². The van der Waals surface area contributed by atoms with Crippen molar-refractivity contribution >= 4 is 42.3 Å². The molecule has 0 radical (unpaired) electrons. The maximum absolute atomic E-state index is 14.5. The molecule has 9 nitrogen and oxygen atoms in total. The number of benzene rings is 2. The third-order valence-corrected chi connectivity index (χ3v) is 9.80. The third-order valence-electron chi connectivity index (χ3n) is 9.80. The molecule has 4 fully saturated rings. The van der Waals surface area contributed by atoms with E-state index in [4.69, 9.17) is 9.47 Å². The number of anilines is 1. The fourth-order valence-corrected chi connectivity index (χ4v) is 7.16. The van der Waals surface area contributed by atoms with Crippen LogP contribution in [0.25, 0.3) is 0 Å². The van der Waals surface area contributed by atoms with Crippen molar-refractivity contribution < 1.29 is 23.5 Å². The van der Waals surface area contributed by atoms with E-state index in [-0.39, 0.29) is 60.6 Å². The summed E-state index contributed by atoms with van der Waals surface area (Å²) < 4.78 is 27.2. The Bertz CT molecular complexity index is 1380. The van der Waals surface area contributed by atoms with Crippen molar-refractivity contribution in [1.29, 1.82) is 0 Å². The summed E-state index contributed by atoms with van der Waals surface area (Å²) >= 11 is 0. The van der Waals surface area contributed by atoms with Crippen LogP contribution in [0.1, 0.15) is 74.7 Å². The summed E-state index contributed by atoms with van der Waals surface area (Å²) in [6, 6.07) is 10.9. The smallest absolute Gasteiger partial charge is 0.253 e. The van der Waals surface area contributed by atoms with Gasteiger partial charge in [-0.25, -0.2) is 4.39 Å². The van der Waals surface area contributed by atoms with E-state index in [1.807, 2.05) is 54.8 Å². The molecule has 4 aliphatic rings. The minimum atomic E-state index is -0.396. The van der Waals surface area contributed by atoms with Gasteiger partial charge in [-0.2, -0.15) is 0 Å². The predicted octanol–water partition coefficient (Wildman–Crippen LogP) is 5.26. The Kier molecular flexibility index (Phi) is 13.3. The summed E-state index contributed by atoms with van der Waals surface area (Å²) in [5, 5.41) is 6.70. The van der Waals surface area contributed by atoms with Crippen LogP contribution < -0.4 is 25.0 Å². The number of hydrogen-bond donors (Lipinski definition) is 2. The molecule has 0 unspecified atom stereocenters. The number of piperidine rings is 2. The molecule has 0 aliphatic carbocycles. The number of nitrogens with zero attached hydrogens (tertiary/aromatic N) is 3. The molecule has 1 atom stereocenters. The van der Waals surface area contributed by atoms with Crippen LogP contribution in [0.3, 0.4) is 0 Å². The van der Waals surface area contributed by atoms with Gasteiger partial charge < -0.3 is 34.8 Å². The summed E-state index contributed by atoms with van der Waals surface area (Å²) in [4.78, 5) is 32.8. The Morgan fingerprint density at radius 1 is 0.771 bits per heavy atom. The molecule has 4 heterocycles. The summed E-state index contributed by atoms with van der Waals surface area (Å²) in [6.45, 7) is 13.7. The van der Waals surface area contributed by atoms with E-state index in [9.17, 15) is 14.0 Å². The zero-order valence-corrected chi connectivity index (χ0v) is 30.1. The molecule has 0 bridgehead atoms. The number of likely N-dealkylation sites (tertiary alicyclic amines) is 2. The molecule has 4 aliphatic heterocycles. The number of carbonyl (C=O) groups is 2. The van der Waals surface area contributed by atoms with Gasteiger partial charge in [0.1, 0.15) is 29.5 Å². The second kappa shape index (κ2) is 16.7. The quantitative estimate of drug-likeness (QED) is 0.407. The van der Waals surface area contributed by atoms with Crippen molar-refractivity contribution in [1.82, 2.24) is 20.4 Å². The SMILES string of the molecule is CC(C)(C)C(=O)N1CCC(c2cc(C(=O)N3CCC(Oc4cc(F)cc(N5CCNCC5)c4)CC3)ccc2O[C@H]2CCNC2)CC1.Cl.Cl. The summed E-state index contributed by atoms with van der Waals surface area (Å²) in [7, 11) is 0. The van der Waals surface area contributed by atoms with E-state index < -0.39 is 5.41 Å². The highest BCUT2D eigenvalue weighted by atomic mass is 35.5. The van der Waals surface area contributed by atoms with Crippen LogP contribution in [0.2, 0.25) is 0 Å². The lowest BCUT2D eigenvalue weighted by atomic mass is 9.86. The summed E-state index contributed by atoms with van der Waals surface area (Å²) in [6.07, 6.45) is 4.07. The molecule has 2 N–H and O–H groups in total. The maximum atomic E-state index is 14.5. The van der Waals surface area contributed by atoms with Gasteiger partial charge >= 0.3 is 0 Å². The van der Waals surface area contributed by atoms with Crippen LogP contribution in [0.4, 0.5) is 10.1 Å². The first kappa shape index (κ1) is 38.0. The predicted molar refractivity (Wildman–Crippen MR) is 192 cm³/mol. The summed E-state index contributed by atoms with van der Waals surface area (Å²) in [5.41, 5.74) is 2.20. The highest BCUT2D eigenvalue weighted by Crippen LogP contribution is 2.37. The van der Waals surface area contributed by atoms with Crippen LogP contribution in [-0.4, -0.2) is 99.3 Å². The van der Waals surface area contributed by atoms with E-state index in [1.165, 1.54) is 6.07 Å². The number of nitrogens with one attached hydrogen (secondary N) is 2. The second-order valence-electron chi connectivity index (χ2n) is 14.3. The maximum Gasteiger partial charge on any atom is 0.253 e. The van der Waals surface area contributed by atoms with Gasteiger partial charge in [-0.1, -0.05) is 20.8 Å². The van der Waals surface area contributed by atoms with Crippen molar-refractivity contribution in [2.45, 2.75) is 71.0 Å². The number of piperazine rings is 1. The van der Waals surface area contributed by atoms with Crippen LogP contribution in [0.5, 0.6) is 11.5 Å². The molecule has 2 aromatic rings. The molecule has 12 heteroatoms. The van der Waals surface area contributed by atoms with Crippen LogP contribution in [0.15, 0.2) is 36.4 Å².